The monoisotopic (exact) mass is 375 g/mol. The minimum atomic E-state index is 0.252. The van der Waals surface area contributed by atoms with E-state index in [9.17, 15) is 0 Å². The van der Waals surface area contributed by atoms with Crippen LogP contribution in [0.1, 0.15) is 30.3 Å². The molecule has 9 heteroatoms. The summed E-state index contributed by atoms with van der Waals surface area (Å²) in [5, 5.41) is 0. The second-order valence-corrected chi connectivity index (χ2v) is 7.00. The lowest BCUT2D eigenvalue weighted by molar-refractivity contribution is 0.468. The molecule has 0 spiro atoms. The van der Waals surface area contributed by atoms with E-state index in [1.807, 2.05) is 36.8 Å². The fourth-order valence-electron chi connectivity index (χ4n) is 3.89. The number of hydrogen-bond acceptors (Lipinski definition) is 7. The maximum absolute atomic E-state index is 5.87. The molecule has 1 saturated heterocycles. The SMILES string of the molecule is Nc1nc(N2CCC(c3nccn3Cc3ccccn3)CC2)c2[nH]cnc2n1. The molecule has 0 amide bonds. The lowest BCUT2D eigenvalue weighted by Crippen LogP contribution is -2.34. The highest BCUT2D eigenvalue weighted by Gasteiger charge is 2.26. The number of H-pyrrole nitrogens is 1. The van der Waals surface area contributed by atoms with Crippen LogP contribution in [0, 0.1) is 0 Å². The highest BCUT2D eigenvalue weighted by atomic mass is 15.2. The van der Waals surface area contributed by atoms with Crippen LogP contribution in [0.15, 0.2) is 43.1 Å². The maximum atomic E-state index is 5.87. The van der Waals surface area contributed by atoms with Gasteiger partial charge in [-0.1, -0.05) is 6.07 Å². The second kappa shape index (κ2) is 6.91. The lowest BCUT2D eigenvalue weighted by Gasteiger charge is -2.32. The van der Waals surface area contributed by atoms with E-state index in [0.29, 0.717) is 11.6 Å². The Morgan fingerprint density at radius 3 is 2.79 bits per heavy atom. The first kappa shape index (κ1) is 16.7. The summed E-state index contributed by atoms with van der Waals surface area (Å²) in [5.74, 6) is 2.61. The Labute approximate surface area is 161 Å². The number of anilines is 2. The zero-order valence-electron chi connectivity index (χ0n) is 15.4. The Morgan fingerprint density at radius 1 is 1.07 bits per heavy atom. The number of aromatic nitrogens is 7. The van der Waals surface area contributed by atoms with E-state index in [1.165, 1.54) is 0 Å². The van der Waals surface area contributed by atoms with Crippen molar-refractivity contribution in [2.45, 2.75) is 25.3 Å². The molecule has 0 bridgehead atoms. The summed E-state index contributed by atoms with van der Waals surface area (Å²) in [6.07, 6.45) is 9.37. The third-order valence-electron chi connectivity index (χ3n) is 5.25. The van der Waals surface area contributed by atoms with Crippen LogP contribution in [0.2, 0.25) is 0 Å². The average Bonchev–Trinajstić information content (AvgIpc) is 3.38. The van der Waals surface area contributed by atoms with Gasteiger partial charge in [0.15, 0.2) is 11.5 Å². The van der Waals surface area contributed by atoms with Gasteiger partial charge in [-0.3, -0.25) is 4.98 Å². The zero-order chi connectivity index (χ0) is 18.9. The average molecular weight is 375 g/mol. The number of hydrogen-bond donors (Lipinski definition) is 2. The second-order valence-electron chi connectivity index (χ2n) is 7.00. The molecular weight excluding hydrogens is 354 g/mol. The topological polar surface area (TPSA) is 114 Å². The molecule has 0 aliphatic carbocycles. The van der Waals surface area contributed by atoms with Crippen LogP contribution < -0.4 is 10.6 Å². The molecule has 0 unspecified atom stereocenters. The minimum absolute atomic E-state index is 0.252. The molecule has 3 N–H and O–H groups in total. The summed E-state index contributed by atoms with van der Waals surface area (Å²) >= 11 is 0. The number of nitrogen functional groups attached to an aromatic ring is 1. The molecule has 4 aromatic heterocycles. The molecule has 142 valence electrons. The van der Waals surface area contributed by atoms with Gasteiger partial charge in [-0.2, -0.15) is 9.97 Å². The van der Waals surface area contributed by atoms with Gasteiger partial charge < -0.3 is 20.2 Å². The van der Waals surface area contributed by atoms with E-state index < -0.39 is 0 Å². The molecule has 0 aromatic carbocycles. The van der Waals surface area contributed by atoms with Crippen molar-refractivity contribution in [1.82, 2.24) is 34.5 Å². The number of nitrogens with two attached hydrogens (primary N) is 1. The Hall–Kier alpha value is -3.49. The number of aromatic amines is 1. The standard InChI is InChI=1S/C19H21N9/c20-19-25-16-15(23-12-24-16)18(26-19)27-8-4-13(5-9-27)17-22-7-10-28(17)11-14-3-1-2-6-21-14/h1-3,6-7,10,12-13H,4-5,8-9,11H2,(H3,20,23,24,25,26). The molecule has 0 saturated carbocycles. The van der Waals surface area contributed by atoms with E-state index >= 15 is 0 Å². The fourth-order valence-corrected chi connectivity index (χ4v) is 3.89. The summed E-state index contributed by atoms with van der Waals surface area (Å²) < 4.78 is 2.21. The van der Waals surface area contributed by atoms with Crippen molar-refractivity contribution < 1.29 is 0 Å². The summed E-state index contributed by atoms with van der Waals surface area (Å²) in [5.41, 5.74) is 8.35. The predicted molar refractivity (Wildman–Crippen MR) is 106 cm³/mol. The minimum Gasteiger partial charge on any atom is -0.368 e. The molecular formula is C19H21N9. The van der Waals surface area contributed by atoms with Crippen molar-refractivity contribution in [3.05, 3.63) is 54.6 Å². The molecule has 5 heterocycles. The number of nitrogens with zero attached hydrogens (tertiary/aromatic N) is 7. The first-order chi connectivity index (χ1) is 13.8. The van der Waals surface area contributed by atoms with Crippen molar-refractivity contribution in [2.75, 3.05) is 23.7 Å². The van der Waals surface area contributed by atoms with Gasteiger partial charge in [0.2, 0.25) is 5.95 Å². The van der Waals surface area contributed by atoms with Crippen molar-refractivity contribution in [1.29, 1.82) is 0 Å². The van der Waals surface area contributed by atoms with Gasteiger partial charge in [-0.25, -0.2) is 9.97 Å². The van der Waals surface area contributed by atoms with Gasteiger partial charge in [-0.15, -0.1) is 0 Å². The summed E-state index contributed by atoms with van der Waals surface area (Å²) in [7, 11) is 0. The Kier molecular flexibility index (Phi) is 4.12. The zero-order valence-corrected chi connectivity index (χ0v) is 15.4. The quantitative estimate of drug-likeness (QED) is 0.560. The molecule has 1 fully saturated rings. The Bertz CT molecular complexity index is 1080. The third kappa shape index (κ3) is 3.04. The van der Waals surface area contributed by atoms with E-state index in [1.54, 1.807) is 6.33 Å². The van der Waals surface area contributed by atoms with Gasteiger partial charge in [0.1, 0.15) is 11.3 Å². The van der Waals surface area contributed by atoms with E-state index in [-0.39, 0.29) is 5.95 Å². The summed E-state index contributed by atoms with van der Waals surface area (Å²) in [4.78, 5) is 27.3. The Balaban J connectivity index is 1.33. The molecule has 28 heavy (non-hydrogen) atoms. The van der Waals surface area contributed by atoms with E-state index in [0.717, 1.165) is 55.3 Å². The van der Waals surface area contributed by atoms with Gasteiger partial charge >= 0.3 is 0 Å². The fraction of sp³-hybridized carbons (Fsp3) is 0.316. The van der Waals surface area contributed by atoms with Gasteiger partial charge in [0.05, 0.1) is 18.6 Å². The van der Waals surface area contributed by atoms with Gasteiger partial charge in [0, 0.05) is 37.6 Å². The molecule has 5 rings (SSSR count). The molecule has 0 radical (unpaired) electrons. The maximum Gasteiger partial charge on any atom is 0.224 e. The van der Waals surface area contributed by atoms with Crippen LogP contribution in [-0.4, -0.2) is 47.6 Å². The third-order valence-corrected chi connectivity index (χ3v) is 5.25. The summed E-state index contributed by atoms with van der Waals surface area (Å²) in [6.45, 7) is 2.50. The molecule has 0 atom stereocenters. The smallest absolute Gasteiger partial charge is 0.224 e. The number of nitrogens with one attached hydrogen (secondary N) is 1. The molecule has 1 aliphatic heterocycles. The van der Waals surface area contributed by atoms with Gasteiger partial charge in [-0.05, 0) is 25.0 Å². The molecule has 1 aliphatic rings. The number of imidazole rings is 2. The number of rotatable bonds is 4. The number of pyridine rings is 1. The summed E-state index contributed by atoms with van der Waals surface area (Å²) in [6, 6.07) is 5.99. The Morgan fingerprint density at radius 2 is 1.96 bits per heavy atom. The van der Waals surface area contributed by atoms with Gasteiger partial charge in [0.25, 0.3) is 0 Å². The van der Waals surface area contributed by atoms with Crippen LogP contribution in [0.25, 0.3) is 11.2 Å². The first-order valence-corrected chi connectivity index (χ1v) is 9.40. The van der Waals surface area contributed by atoms with E-state index in [2.05, 4.69) is 39.4 Å². The van der Waals surface area contributed by atoms with Crippen LogP contribution in [0.5, 0.6) is 0 Å². The van der Waals surface area contributed by atoms with Crippen molar-refractivity contribution in [3.8, 4) is 0 Å². The number of fused-ring (bicyclic) bond motifs is 1. The molecule has 4 aromatic rings. The first-order valence-electron chi connectivity index (χ1n) is 9.40. The number of piperidine rings is 1. The highest BCUT2D eigenvalue weighted by molar-refractivity contribution is 5.84. The lowest BCUT2D eigenvalue weighted by atomic mass is 9.95. The van der Waals surface area contributed by atoms with E-state index in [4.69, 9.17) is 5.73 Å². The van der Waals surface area contributed by atoms with Crippen LogP contribution in [0.3, 0.4) is 0 Å². The highest BCUT2D eigenvalue weighted by Crippen LogP contribution is 2.31. The normalized spacial score (nSPS) is 15.4. The van der Waals surface area contributed by atoms with Crippen LogP contribution in [-0.2, 0) is 6.54 Å². The van der Waals surface area contributed by atoms with Crippen molar-refractivity contribution in [3.63, 3.8) is 0 Å². The van der Waals surface area contributed by atoms with Crippen molar-refractivity contribution >= 4 is 22.9 Å². The predicted octanol–water partition coefficient (Wildman–Crippen LogP) is 1.96. The largest absolute Gasteiger partial charge is 0.368 e. The van der Waals surface area contributed by atoms with Crippen LogP contribution >= 0.6 is 0 Å². The van der Waals surface area contributed by atoms with Crippen molar-refractivity contribution in [2.24, 2.45) is 0 Å². The van der Waals surface area contributed by atoms with Crippen LogP contribution in [0.4, 0.5) is 11.8 Å². The molecule has 9 nitrogen and oxygen atoms in total.